The monoisotopic (exact) mass is 464 g/mol. The van der Waals surface area contributed by atoms with Crippen molar-refractivity contribution in [3.63, 3.8) is 0 Å². The molecule has 0 saturated heterocycles. The van der Waals surface area contributed by atoms with Crippen molar-refractivity contribution in [1.82, 2.24) is 0 Å². The van der Waals surface area contributed by atoms with Gasteiger partial charge in [0, 0.05) is 14.6 Å². The fourth-order valence-corrected chi connectivity index (χ4v) is 3.36. The van der Waals surface area contributed by atoms with Crippen LogP contribution in [-0.4, -0.2) is 5.91 Å². The second-order valence-corrected chi connectivity index (χ2v) is 6.48. The van der Waals surface area contributed by atoms with Crippen LogP contribution in [-0.2, 0) is 0 Å². The van der Waals surface area contributed by atoms with Gasteiger partial charge in [0.15, 0.2) is 0 Å². The Morgan fingerprint density at radius 1 is 1.10 bits per heavy atom. The Morgan fingerprint density at radius 3 is 2.30 bits per heavy atom. The molecule has 0 aromatic heterocycles. The van der Waals surface area contributed by atoms with Crippen molar-refractivity contribution in [1.29, 1.82) is 0 Å². The van der Waals surface area contributed by atoms with Crippen LogP contribution in [0.15, 0.2) is 43.7 Å². The average Bonchev–Trinajstić information content (AvgIpc) is 2.36. The third kappa shape index (κ3) is 3.21. The normalized spacial score (nSPS) is 10.4. The van der Waals surface area contributed by atoms with Crippen LogP contribution in [0.5, 0.6) is 0 Å². The Morgan fingerprint density at radius 2 is 1.70 bits per heavy atom. The molecule has 7 heteroatoms. The van der Waals surface area contributed by atoms with E-state index >= 15 is 0 Å². The molecule has 0 spiro atoms. The van der Waals surface area contributed by atoms with Crippen LogP contribution in [0.3, 0.4) is 0 Å². The molecule has 2 aromatic carbocycles. The maximum Gasteiger partial charge on any atom is 0.258 e. The number of benzene rings is 2. The largest absolute Gasteiger partial charge is 0.399 e. The Labute approximate surface area is 140 Å². The molecule has 0 atom stereocenters. The molecule has 0 aliphatic carbocycles. The van der Waals surface area contributed by atoms with Crippen molar-refractivity contribution in [2.75, 3.05) is 11.1 Å². The van der Waals surface area contributed by atoms with Gasteiger partial charge in [-0.15, -0.1) is 0 Å². The van der Waals surface area contributed by atoms with E-state index in [9.17, 15) is 9.18 Å². The third-order valence-corrected chi connectivity index (χ3v) is 4.36. The highest BCUT2D eigenvalue weighted by molar-refractivity contribution is 9.11. The van der Waals surface area contributed by atoms with Crippen molar-refractivity contribution < 1.29 is 9.18 Å². The molecule has 0 heterocycles. The van der Waals surface area contributed by atoms with E-state index in [1.807, 2.05) is 0 Å². The predicted octanol–water partition coefficient (Wildman–Crippen LogP) is 4.95. The van der Waals surface area contributed by atoms with Gasteiger partial charge in [-0.05, 0) is 72.1 Å². The van der Waals surface area contributed by atoms with E-state index in [2.05, 4.69) is 53.1 Å². The summed E-state index contributed by atoms with van der Waals surface area (Å²) < 4.78 is 15.3. The second-order valence-electron chi connectivity index (χ2n) is 3.92. The molecule has 104 valence electrons. The number of anilines is 2. The van der Waals surface area contributed by atoms with E-state index in [4.69, 9.17) is 5.73 Å². The number of nitrogens with one attached hydrogen (secondary N) is 1. The number of rotatable bonds is 2. The van der Waals surface area contributed by atoms with Crippen LogP contribution in [0.2, 0.25) is 0 Å². The Hall–Kier alpha value is -0.920. The molecule has 3 N–H and O–H groups in total. The summed E-state index contributed by atoms with van der Waals surface area (Å²) in [5.74, 6) is -1.15. The zero-order valence-electron chi connectivity index (χ0n) is 9.88. The maximum absolute atomic E-state index is 13.9. The first-order chi connectivity index (χ1) is 9.40. The van der Waals surface area contributed by atoms with Gasteiger partial charge >= 0.3 is 0 Å². The van der Waals surface area contributed by atoms with Crippen LogP contribution in [0.25, 0.3) is 0 Å². The summed E-state index contributed by atoms with van der Waals surface area (Å²) in [6.07, 6.45) is 0. The number of nitrogens with two attached hydrogens (primary N) is 1. The number of carbonyl (C=O) groups excluding carboxylic acids is 1. The molecule has 0 aliphatic heterocycles. The smallest absolute Gasteiger partial charge is 0.258 e. The van der Waals surface area contributed by atoms with Gasteiger partial charge < -0.3 is 11.1 Å². The number of halogens is 4. The summed E-state index contributed by atoms with van der Waals surface area (Å²) in [5, 5.41) is 2.64. The summed E-state index contributed by atoms with van der Waals surface area (Å²) in [6, 6.07) is 7.83. The molecule has 0 saturated carbocycles. The molecule has 20 heavy (non-hydrogen) atoms. The Bertz CT molecular complexity index is 668. The summed E-state index contributed by atoms with van der Waals surface area (Å²) in [4.78, 5) is 12.1. The van der Waals surface area contributed by atoms with Crippen molar-refractivity contribution in [2.45, 2.75) is 0 Å². The SMILES string of the molecule is Nc1cc(Br)c(NC(=O)c2cccc(Br)c2F)c(Br)c1. The molecule has 0 aliphatic rings. The first kappa shape index (κ1) is 15.5. The molecular formula is C13H8Br3FN2O. The molecule has 3 nitrogen and oxygen atoms in total. The molecule has 1 amide bonds. The number of carbonyl (C=O) groups is 1. The van der Waals surface area contributed by atoms with Crippen molar-refractivity contribution >= 4 is 65.1 Å². The van der Waals surface area contributed by atoms with Gasteiger partial charge in [0.1, 0.15) is 5.82 Å². The highest BCUT2D eigenvalue weighted by atomic mass is 79.9. The van der Waals surface area contributed by atoms with Gasteiger partial charge in [-0.3, -0.25) is 4.79 Å². The van der Waals surface area contributed by atoms with Gasteiger partial charge in [0.25, 0.3) is 5.91 Å². The van der Waals surface area contributed by atoms with Gasteiger partial charge in [0.2, 0.25) is 0 Å². The first-order valence-electron chi connectivity index (χ1n) is 5.40. The highest BCUT2D eigenvalue weighted by Crippen LogP contribution is 2.34. The summed E-state index contributed by atoms with van der Waals surface area (Å²) >= 11 is 9.66. The fourth-order valence-electron chi connectivity index (χ4n) is 1.57. The zero-order valence-corrected chi connectivity index (χ0v) is 14.6. The van der Waals surface area contributed by atoms with E-state index in [1.54, 1.807) is 18.2 Å². The number of hydrogen-bond acceptors (Lipinski definition) is 2. The lowest BCUT2D eigenvalue weighted by atomic mass is 10.2. The van der Waals surface area contributed by atoms with Gasteiger partial charge in [-0.1, -0.05) is 6.07 Å². The van der Waals surface area contributed by atoms with E-state index in [0.717, 1.165) is 0 Å². The van der Waals surface area contributed by atoms with Gasteiger partial charge in [-0.25, -0.2) is 4.39 Å². The van der Waals surface area contributed by atoms with Crippen molar-refractivity contribution in [3.05, 3.63) is 55.1 Å². The van der Waals surface area contributed by atoms with Crippen LogP contribution >= 0.6 is 47.8 Å². The quantitative estimate of drug-likeness (QED) is 0.615. The lowest BCUT2D eigenvalue weighted by Crippen LogP contribution is -2.15. The minimum absolute atomic E-state index is 0.0463. The molecule has 0 fully saturated rings. The summed E-state index contributed by atoms with van der Waals surface area (Å²) in [5.41, 5.74) is 6.66. The lowest BCUT2D eigenvalue weighted by Gasteiger charge is -2.11. The van der Waals surface area contributed by atoms with Gasteiger partial charge in [-0.2, -0.15) is 0 Å². The van der Waals surface area contributed by atoms with Gasteiger partial charge in [0.05, 0.1) is 15.7 Å². The van der Waals surface area contributed by atoms with Crippen LogP contribution in [0, 0.1) is 5.82 Å². The standard InChI is InChI=1S/C13H8Br3FN2O/c14-8-3-1-2-7(11(8)17)13(20)19-12-9(15)4-6(18)5-10(12)16/h1-5H,18H2,(H,19,20). The van der Waals surface area contributed by atoms with Crippen LogP contribution < -0.4 is 11.1 Å². The predicted molar refractivity (Wildman–Crippen MR) is 88.3 cm³/mol. The number of hydrogen-bond donors (Lipinski definition) is 2. The minimum atomic E-state index is -0.604. The molecule has 2 rings (SSSR count). The molecule has 0 bridgehead atoms. The number of amides is 1. The summed E-state index contributed by atoms with van der Waals surface area (Å²) in [6.45, 7) is 0. The van der Waals surface area contributed by atoms with E-state index in [-0.39, 0.29) is 10.0 Å². The van der Waals surface area contributed by atoms with Crippen LogP contribution in [0.1, 0.15) is 10.4 Å². The van der Waals surface area contributed by atoms with Crippen LogP contribution in [0.4, 0.5) is 15.8 Å². The lowest BCUT2D eigenvalue weighted by molar-refractivity contribution is 0.102. The molecule has 0 unspecified atom stereocenters. The maximum atomic E-state index is 13.9. The fraction of sp³-hybridized carbons (Fsp3) is 0. The second kappa shape index (κ2) is 6.24. The Balaban J connectivity index is 2.36. The molecular weight excluding hydrogens is 459 g/mol. The average molecular weight is 467 g/mol. The van der Waals surface area contributed by atoms with E-state index in [1.165, 1.54) is 12.1 Å². The van der Waals surface area contributed by atoms with Crippen molar-refractivity contribution in [3.8, 4) is 0 Å². The number of nitrogen functional groups attached to an aromatic ring is 1. The summed E-state index contributed by atoms with van der Waals surface area (Å²) in [7, 11) is 0. The highest BCUT2D eigenvalue weighted by Gasteiger charge is 2.16. The first-order valence-corrected chi connectivity index (χ1v) is 7.78. The third-order valence-electron chi connectivity index (χ3n) is 2.50. The molecule has 0 radical (unpaired) electrons. The zero-order chi connectivity index (χ0) is 14.9. The van der Waals surface area contributed by atoms with E-state index in [0.29, 0.717) is 20.3 Å². The topological polar surface area (TPSA) is 55.1 Å². The van der Waals surface area contributed by atoms with E-state index < -0.39 is 11.7 Å². The minimum Gasteiger partial charge on any atom is -0.399 e. The Kier molecular flexibility index (Phi) is 4.82. The molecule has 2 aromatic rings. The van der Waals surface area contributed by atoms with Crippen molar-refractivity contribution in [2.24, 2.45) is 0 Å².